The molecule has 0 saturated carbocycles. The van der Waals surface area contributed by atoms with Gasteiger partial charge in [0.25, 0.3) is 0 Å². The summed E-state index contributed by atoms with van der Waals surface area (Å²) in [6.07, 6.45) is 1.04. The maximum absolute atomic E-state index is 9.97. The van der Waals surface area contributed by atoms with Crippen molar-refractivity contribution in [1.82, 2.24) is 0 Å². The minimum atomic E-state index is -0.992. The Labute approximate surface area is 46.3 Å². The van der Waals surface area contributed by atoms with Crippen LogP contribution < -0.4 is 0 Å². The molecule has 0 aromatic carbocycles. The van der Waals surface area contributed by atoms with Gasteiger partial charge in [0.15, 0.2) is 0 Å². The zero-order chi connectivity index (χ0) is 6.15. The number of carboxylic acid groups (broad SMARTS) is 1. The van der Waals surface area contributed by atoms with Gasteiger partial charge in [-0.25, -0.2) is 4.79 Å². The number of aliphatic carboxylic acids is 1. The number of rotatable bonds is 1. The van der Waals surface area contributed by atoms with Crippen LogP contribution >= 0.6 is 0 Å². The standard InChI is InChI=1S/C5H6O3/c6-4-2-1-3(4)5(7)8/h6H,1-2H2,(H,7,8). The zero-order valence-corrected chi connectivity index (χ0v) is 4.22. The average Bonchev–Trinajstić information content (AvgIpc) is 1.61. The molecule has 0 atom stereocenters. The van der Waals surface area contributed by atoms with Crippen molar-refractivity contribution >= 4 is 5.97 Å². The van der Waals surface area contributed by atoms with E-state index in [9.17, 15) is 4.79 Å². The van der Waals surface area contributed by atoms with E-state index in [1.165, 1.54) is 0 Å². The number of carboxylic acids is 1. The van der Waals surface area contributed by atoms with Crippen molar-refractivity contribution in [2.75, 3.05) is 0 Å². The van der Waals surface area contributed by atoms with Gasteiger partial charge in [-0.3, -0.25) is 0 Å². The molecule has 8 heavy (non-hydrogen) atoms. The summed E-state index contributed by atoms with van der Waals surface area (Å²) in [7, 11) is 0. The van der Waals surface area contributed by atoms with E-state index in [4.69, 9.17) is 10.2 Å². The van der Waals surface area contributed by atoms with E-state index in [-0.39, 0.29) is 11.3 Å². The fourth-order valence-electron chi connectivity index (χ4n) is 0.592. The first-order valence-corrected chi connectivity index (χ1v) is 2.36. The van der Waals surface area contributed by atoms with Crippen LogP contribution in [0.5, 0.6) is 0 Å². The normalized spacial score (nSPS) is 18.0. The first kappa shape index (κ1) is 5.15. The molecule has 0 radical (unpaired) electrons. The van der Waals surface area contributed by atoms with Crippen LogP contribution in [0, 0.1) is 0 Å². The molecule has 0 fully saturated rings. The first-order chi connectivity index (χ1) is 3.72. The molecule has 1 aliphatic carbocycles. The predicted molar refractivity (Wildman–Crippen MR) is 26.5 cm³/mol. The monoisotopic (exact) mass is 114 g/mol. The second kappa shape index (κ2) is 1.51. The molecule has 2 N–H and O–H groups in total. The molecule has 44 valence electrons. The minimum absolute atomic E-state index is 0.0394. The van der Waals surface area contributed by atoms with Crippen molar-refractivity contribution in [2.45, 2.75) is 12.8 Å². The minimum Gasteiger partial charge on any atom is -0.512 e. The summed E-state index contributed by atoms with van der Waals surface area (Å²) in [5, 5.41) is 16.8. The summed E-state index contributed by atoms with van der Waals surface area (Å²) in [6.45, 7) is 0. The maximum Gasteiger partial charge on any atom is 0.334 e. The molecule has 1 rings (SSSR count). The lowest BCUT2D eigenvalue weighted by Crippen LogP contribution is -2.12. The Morgan fingerprint density at radius 3 is 2.12 bits per heavy atom. The van der Waals surface area contributed by atoms with Crippen LogP contribution in [0.25, 0.3) is 0 Å². The van der Waals surface area contributed by atoms with Gasteiger partial charge >= 0.3 is 5.97 Å². The van der Waals surface area contributed by atoms with Crippen molar-refractivity contribution in [1.29, 1.82) is 0 Å². The predicted octanol–water partition coefficient (Wildman–Crippen LogP) is 0.677. The third-order valence-electron chi connectivity index (χ3n) is 1.22. The Morgan fingerprint density at radius 2 is 2.12 bits per heavy atom. The van der Waals surface area contributed by atoms with Gasteiger partial charge in [-0.1, -0.05) is 0 Å². The van der Waals surface area contributed by atoms with Gasteiger partial charge < -0.3 is 10.2 Å². The summed E-state index contributed by atoms with van der Waals surface area (Å²) in [5.41, 5.74) is 0.171. The lowest BCUT2D eigenvalue weighted by atomic mass is 9.97. The van der Waals surface area contributed by atoms with Gasteiger partial charge in [0.1, 0.15) is 5.76 Å². The average molecular weight is 114 g/mol. The van der Waals surface area contributed by atoms with Gasteiger partial charge in [-0.2, -0.15) is 0 Å². The van der Waals surface area contributed by atoms with E-state index in [2.05, 4.69) is 0 Å². The number of aliphatic hydroxyl groups is 1. The second-order valence-electron chi connectivity index (χ2n) is 1.73. The van der Waals surface area contributed by atoms with Gasteiger partial charge in [0, 0.05) is 6.42 Å². The molecule has 0 saturated heterocycles. The molecule has 0 aliphatic heterocycles. The Bertz CT molecular complexity index is 157. The second-order valence-corrected chi connectivity index (χ2v) is 1.73. The molecule has 0 aromatic heterocycles. The summed E-state index contributed by atoms with van der Waals surface area (Å²) < 4.78 is 0. The molecule has 3 heteroatoms. The number of allylic oxidation sites excluding steroid dienone is 1. The van der Waals surface area contributed by atoms with Crippen LogP contribution in [-0.4, -0.2) is 16.2 Å². The summed E-state index contributed by atoms with van der Waals surface area (Å²) >= 11 is 0. The molecule has 0 bridgehead atoms. The number of aliphatic hydroxyl groups excluding tert-OH is 1. The van der Waals surface area contributed by atoms with Crippen LogP contribution in [0.4, 0.5) is 0 Å². The fraction of sp³-hybridized carbons (Fsp3) is 0.400. The van der Waals surface area contributed by atoms with Crippen LogP contribution in [0.15, 0.2) is 11.3 Å². The summed E-state index contributed by atoms with van der Waals surface area (Å²) in [5.74, 6) is -0.953. The Morgan fingerprint density at radius 1 is 1.50 bits per heavy atom. The van der Waals surface area contributed by atoms with E-state index in [0.717, 1.165) is 0 Å². The Balaban J connectivity index is 2.74. The molecule has 3 nitrogen and oxygen atoms in total. The zero-order valence-electron chi connectivity index (χ0n) is 4.22. The molecule has 1 aliphatic rings. The fourth-order valence-corrected chi connectivity index (χ4v) is 0.592. The summed E-state index contributed by atoms with van der Waals surface area (Å²) in [6, 6.07) is 0. The highest BCUT2D eigenvalue weighted by Crippen LogP contribution is 2.24. The van der Waals surface area contributed by atoms with E-state index in [0.29, 0.717) is 12.8 Å². The van der Waals surface area contributed by atoms with E-state index in [1.807, 2.05) is 0 Å². The van der Waals surface area contributed by atoms with Gasteiger partial charge in [0.2, 0.25) is 0 Å². The van der Waals surface area contributed by atoms with Crippen molar-refractivity contribution in [3.63, 3.8) is 0 Å². The maximum atomic E-state index is 9.97. The highest BCUT2D eigenvalue weighted by atomic mass is 16.4. The smallest absolute Gasteiger partial charge is 0.334 e. The molecular weight excluding hydrogens is 108 g/mol. The van der Waals surface area contributed by atoms with Crippen molar-refractivity contribution in [3.05, 3.63) is 11.3 Å². The Hall–Kier alpha value is -0.990. The van der Waals surface area contributed by atoms with E-state index >= 15 is 0 Å². The lowest BCUT2D eigenvalue weighted by Gasteiger charge is -2.13. The largest absolute Gasteiger partial charge is 0.512 e. The quantitative estimate of drug-likeness (QED) is 0.527. The number of hydrogen-bond donors (Lipinski definition) is 2. The molecule has 0 spiro atoms. The van der Waals surface area contributed by atoms with E-state index < -0.39 is 5.97 Å². The SMILES string of the molecule is O=C(O)C1=C(O)CC1. The van der Waals surface area contributed by atoms with Crippen LogP contribution in [0.3, 0.4) is 0 Å². The molecule has 0 unspecified atom stereocenters. The molecule has 0 aromatic rings. The summed E-state index contributed by atoms with van der Waals surface area (Å²) in [4.78, 5) is 9.97. The number of carbonyl (C=O) groups is 1. The molecular formula is C5H6O3. The van der Waals surface area contributed by atoms with E-state index in [1.54, 1.807) is 0 Å². The highest BCUT2D eigenvalue weighted by Gasteiger charge is 2.21. The van der Waals surface area contributed by atoms with Crippen molar-refractivity contribution in [2.24, 2.45) is 0 Å². The lowest BCUT2D eigenvalue weighted by molar-refractivity contribution is -0.133. The first-order valence-electron chi connectivity index (χ1n) is 2.36. The van der Waals surface area contributed by atoms with Crippen molar-refractivity contribution < 1.29 is 15.0 Å². The topological polar surface area (TPSA) is 57.5 Å². The van der Waals surface area contributed by atoms with Crippen LogP contribution in [0.2, 0.25) is 0 Å². The molecule has 0 heterocycles. The third-order valence-corrected chi connectivity index (χ3v) is 1.22. The van der Waals surface area contributed by atoms with Gasteiger partial charge in [0.05, 0.1) is 5.57 Å². The van der Waals surface area contributed by atoms with Crippen LogP contribution in [0.1, 0.15) is 12.8 Å². The van der Waals surface area contributed by atoms with Crippen LogP contribution in [-0.2, 0) is 4.79 Å². The molecule has 0 amide bonds. The van der Waals surface area contributed by atoms with Gasteiger partial charge in [-0.05, 0) is 6.42 Å². The van der Waals surface area contributed by atoms with Gasteiger partial charge in [-0.15, -0.1) is 0 Å². The van der Waals surface area contributed by atoms with Crippen molar-refractivity contribution in [3.8, 4) is 0 Å². The highest BCUT2D eigenvalue weighted by molar-refractivity contribution is 5.88. The number of hydrogen-bond acceptors (Lipinski definition) is 2. The Kier molecular flexibility index (Phi) is 0.970. The third kappa shape index (κ3) is 0.559.